The van der Waals surface area contributed by atoms with Gasteiger partial charge in [-0.05, 0) is 12.1 Å². The third kappa shape index (κ3) is 3.57. The summed E-state index contributed by atoms with van der Waals surface area (Å²) in [6.07, 6.45) is 6.63. The predicted octanol–water partition coefficient (Wildman–Crippen LogP) is 1.03. The summed E-state index contributed by atoms with van der Waals surface area (Å²) in [5.41, 5.74) is 0.562. The molecule has 27 heavy (non-hydrogen) atoms. The highest BCUT2D eigenvalue weighted by Gasteiger charge is 2.23. The highest BCUT2D eigenvalue weighted by atomic mass is 16.5. The van der Waals surface area contributed by atoms with Crippen LogP contribution in [0.5, 0.6) is 5.88 Å². The number of rotatable bonds is 4. The van der Waals surface area contributed by atoms with Gasteiger partial charge in [0.25, 0.3) is 5.91 Å². The topological polar surface area (TPSA) is 89.3 Å². The Bertz CT molecular complexity index is 904. The molecule has 4 heterocycles. The van der Waals surface area contributed by atoms with Gasteiger partial charge < -0.3 is 14.5 Å². The van der Waals surface area contributed by atoms with E-state index >= 15 is 0 Å². The zero-order valence-electron chi connectivity index (χ0n) is 14.9. The minimum absolute atomic E-state index is 0.0234. The molecular weight excluding hydrogens is 346 g/mol. The third-order valence-electron chi connectivity index (χ3n) is 4.46. The number of carbonyl (C=O) groups is 1. The fourth-order valence-electron chi connectivity index (χ4n) is 2.99. The van der Waals surface area contributed by atoms with Crippen LogP contribution < -0.4 is 9.64 Å². The molecule has 3 aromatic heterocycles. The Kier molecular flexibility index (Phi) is 4.65. The molecule has 9 heteroatoms. The Labute approximate surface area is 156 Å². The van der Waals surface area contributed by atoms with Crippen LogP contribution in [0.1, 0.15) is 10.4 Å². The second kappa shape index (κ2) is 7.40. The second-order valence-corrected chi connectivity index (χ2v) is 6.05. The van der Waals surface area contributed by atoms with Gasteiger partial charge in [-0.25, -0.2) is 19.6 Å². The summed E-state index contributed by atoms with van der Waals surface area (Å²) < 4.78 is 6.73. The van der Waals surface area contributed by atoms with E-state index in [2.05, 4.69) is 25.0 Å². The molecule has 3 aromatic rings. The Morgan fingerprint density at radius 1 is 1.07 bits per heavy atom. The van der Waals surface area contributed by atoms with E-state index in [-0.39, 0.29) is 5.91 Å². The lowest BCUT2D eigenvalue weighted by Crippen LogP contribution is -2.49. The number of methoxy groups -OCH3 is 1. The molecule has 0 saturated carbocycles. The number of hydrogen-bond acceptors (Lipinski definition) is 7. The maximum absolute atomic E-state index is 12.6. The summed E-state index contributed by atoms with van der Waals surface area (Å²) in [5.74, 6) is 2.01. The van der Waals surface area contributed by atoms with Crippen LogP contribution in [0, 0.1) is 0 Å². The molecule has 0 aromatic carbocycles. The van der Waals surface area contributed by atoms with E-state index < -0.39 is 0 Å². The molecule has 1 aliphatic rings. The van der Waals surface area contributed by atoms with Crippen LogP contribution in [0.15, 0.2) is 49.2 Å². The van der Waals surface area contributed by atoms with Gasteiger partial charge in [0.15, 0.2) is 5.82 Å². The molecule has 0 N–H and O–H groups in total. The number of piperazine rings is 1. The Hall–Kier alpha value is -3.49. The Morgan fingerprint density at radius 2 is 1.89 bits per heavy atom. The van der Waals surface area contributed by atoms with Gasteiger partial charge >= 0.3 is 0 Å². The van der Waals surface area contributed by atoms with Crippen molar-refractivity contribution in [1.82, 2.24) is 29.6 Å². The molecule has 0 aliphatic carbocycles. The Balaban J connectivity index is 1.41. The van der Waals surface area contributed by atoms with Crippen molar-refractivity contribution in [2.45, 2.75) is 0 Å². The van der Waals surface area contributed by atoms with E-state index in [1.54, 1.807) is 36.3 Å². The summed E-state index contributed by atoms with van der Waals surface area (Å²) in [7, 11) is 1.55. The van der Waals surface area contributed by atoms with Gasteiger partial charge in [0, 0.05) is 56.9 Å². The van der Waals surface area contributed by atoms with Crippen molar-refractivity contribution < 1.29 is 9.53 Å². The number of pyridine rings is 1. The molecule has 1 aliphatic heterocycles. The van der Waals surface area contributed by atoms with Gasteiger partial charge in [-0.1, -0.05) is 0 Å². The predicted molar refractivity (Wildman–Crippen MR) is 98.1 cm³/mol. The van der Waals surface area contributed by atoms with Gasteiger partial charge in [0.1, 0.15) is 12.1 Å². The minimum Gasteiger partial charge on any atom is -0.481 e. The Morgan fingerprint density at radius 3 is 2.56 bits per heavy atom. The summed E-state index contributed by atoms with van der Waals surface area (Å²) in [6.45, 7) is 2.63. The van der Waals surface area contributed by atoms with Crippen LogP contribution in [0.4, 0.5) is 5.82 Å². The van der Waals surface area contributed by atoms with Crippen molar-refractivity contribution in [1.29, 1.82) is 0 Å². The summed E-state index contributed by atoms with van der Waals surface area (Å²) in [6, 6.07) is 7.18. The lowest BCUT2D eigenvalue weighted by Gasteiger charge is -2.35. The average molecular weight is 365 g/mol. The molecule has 9 nitrogen and oxygen atoms in total. The van der Waals surface area contributed by atoms with Crippen LogP contribution in [-0.2, 0) is 0 Å². The fourth-order valence-corrected chi connectivity index (χ4v) is 2.99. The quantitative estimate of drug-likeness (QED) is 0.682. The molecule has 0 bridgehead atoms. The van der Waals surface area contributed by atoms with Crippen molar-refractivity contribution in [3.8, 4) is 11.7 Å². The first kappa shape index (κ1) is 17.0. The molecule has 0 unspecified atom stereocenters. The molecule has 4 rings (SSSR count). The van der Waals surface area contributed by atoms with E-state index in [1.165, 1.54) is 6.33 Å². The van der Waals surface area contributed by atoms with E-state index in [0.717, 1.165) is 5.82 Å². The maximum atomic E-state index is 12.6. The number of nitrogens with zero attached hydrogens (tertiary/aromatic N) is 7. The normalized spacial score (nSPS) is 14.3. The molecule has 0 atom stereocenters. The van der Waals surface area contributed by atoms with Gasteiger partial charge in [-0.2, -0.15) is 5.10 Å². The van der Waals surface area contributed by atoms with Crippen molar-refractivity contribution in [2.75, 3.05) is 38.2 Å². The lowest BCUT2D eigenvalue weighted by atomic mass is 10.2. The van der Waals surface area contributed by atoms with E-state index in [9.17, 15) is 4.79 Å². The number of carbonyl (C=O) groups excluding carboxylic acids is 1. The van der Waals surface area contributed by atoms with Gasteiger partial charge in [0.2, 0.25) is 5.88 Å². The van der Waals surface area contributed by atoms with Crippen LogP contribution in [0.25, 0.3) is 5.82 Å². The zero-order chi connectivity index (χ0) is 18.6. The molecular formula is C18H19N7O2. The van der Waals surface area contributed by atoms with Gasteiger partial charge in [-0.15, -0.1) is 0 Å². The molecule has 138 valence electrons. The summed E-state index contributed by atoms with van der Waals surface area (Å²) in [5, 5.41) is 4.19. The molecule has 1 saturated heterocycles. The van der Waals surface area contributed by atoms with Gasteiger partial charge in [0.05, 0.1) is 12.7 Å². The third-order valence-corrected chi connectivity index (χ3v) is 4.46. The highest BCUT2D eigenvalue weighted by molar-refractivity contribution is 5.94. The number of anilines is 1. The largest absolute Gasteiger partial charge is 0.481 e. The summed E-state index contributed by atoms with van der Waals surface area (Å²) >= 11 is 0. The minimum atomic E-state index is -0.0234. The lowest BCUT2D eigenvalue weighted by molar-refractivity contribution is 0.0746. The first-order chi connectivity index (χ1) is 13.2. The van der Waals surface area contributed by atoms with Crippen molar-refractivity contribution in [3.05, 3.63) is 54.7 Å². The smallest absolute Gasteiger partial charge is 0.255 e. The zero-order valence-corrected chi connectivity index (χ0v) is 14.9. The summed E-state index contributed by atoms with van der Waals surface area (Å²) in [4.78, 5) is 29.3. The molecule has 0 spiro atoms. The number of hydrogen-bond donors (Lipinski definition) is 0. The van der Waals surface area contributed by atoms with Crippen molar-refractivity contribution >= 4 is 11.7 Å². The van der Waals surface area contributed by atoms with E-state index in [1.807, 2.05) is 23.2 Å². The monoisotopic (exact) mass is 365 g/mol. The molecule has 1 amide bonds. The highest BCUT2D eigenvalue weighted by Crippen LogP contribution is 2.17. The van der Waals surface area contributed by atoms with E-state index in [0.29, 0.717) is 43.4 Å². The van der Waals surface area contributed by atoms with Crippen LogP contribution in [0.3, 0.4) is 0 Å². The van der Waals surface area contributed by atoms with Crippen molar-refractivity contribution in [2.24, 2.45) is 0 Å². The van der Waals surface area contributed by atoms with Crippen LogP contribution in [-0.4, -0.2) is 68.8 Å². The first-order valence-electron chi connectivity index (χ1n) is 8.61. The molecule has 0 radical (unpaired) electrons. The SMILES string of the molecule is COc1ccc(C(=O)N2CCN(c3cc(-n4cccn4)ncn3)CC2)cn1. The standard InChI is InChI=1S/C18H19N7O2/c1-27-17-4-3-14(12-19-17)18(26)24-9-7-23(8-10-24)15-11-16(21-13-20-15)25-6-2-5-22-25/h2-6,11-13H,7-10H2,1H3. The maximum Gasteiger partial charge on any atom is 0.255 e. The molecule has 1 fully saturated rings. The number of ether oxygens (including phenoxy) is 1. The number of amides is 1. The average Bonchev–Trinajstić information content (AvgIpc) is 3.29. The van der Waals surface area contributed by atoms with Crippen LogP contribution in [0.2, 0.25) is 0 Å². The van der Waals surface area contributed by atoms with E-state index in [4.69, 9.17) is 4.74 Å². The second-order valence-electron chi connectivity index (χ2n) is 6.05. The fraction of sp³-hybridized carbons (Fsp3) is 0.278. The first-order valence-corrected chi connectivity index (χ1v) is 8.61. The van der Waals surface area contributed by atoms with Crippen LogP contribution >= 0.6 is 0 Å². The number of aromatic nitrogens is 5. The van der Waals surface area contributed by atoms with Gasteiger partial charge in [-0.3, -0.25) is 4.79 Å². The van der Waals surface area contributed by atoms with Crippen molar-refractivity contribution in [3.63, 3.8) is 0 Å².